The summed E-state index contributed by atoms with van der Waals surface area (Å²) in [6.07, 6.45) is 0. The fourth-order valence-electron chi connectivity index (χ4n) is 2.90. The Balaban J connectivity index is 1.91. The predicted octanol–water partition coefficient (Wildman–Crippen LogP) is 3.37. The molecule has 0 spiro atoms. The number of nitrogens with zero attached hydrogens (tertiary/aromatic N) is 1. The number of carbonyl (C=O) groups is 2. The van der Waals surface area contributed by atoms with Gasteiger partial charge in [-0.15, -0.1) is 0 Å². The molecule has 1 fully saturated rings. The van der Waals surface area contributed by atoms with Crippen molar-refractivity contribution in [1.29, 1.82) is 0 Å². The van der Waals surface area contributed by atoms with Gasteiger partial charge in [0.05, 0.1) is 11.0 Å². The lowest BCUT2D eigenvalue weighted by atomic mass is 9.88. The smallest absolute Gasteiger partial charge is 0.319 e. The maximum Gasteiger partial charge on any atom is 0.319 e. The van der Waals surface area contributed by atoms with Gasteiger partial charge in [-0.05, 0) is 17.7 Å². The number of benzene rings is 2. The normalized spacial score (nSPS) is 19.0. The zero-order chi connectivity index (χ0) is 19.6. The number of carbonyl (C=O) groups excluding carboxylic acids is 2. The lowest BCUT2D eigenvalue weighted by Crippen LogP contribution is -2.51. The fourth-order valence-corrected chi connectivity index (χ4v) is 3.15. The molecule has 0 bridgehead atoms. The summed E-state index contributed by atoms with van der Waals surface area (Å²) in [5.74, 6) is -1.36. The molecule has 3 N–H and O–H groups in total. The van der Waals surface area contributed by atoms with Gasteiger partial charge in [0.25, 0.3) is 5.69 Å². The largest absolute Gasteiger partial charge is 0.330 e. The van der Waals surface area contributed by atoms with Crippen molar-refractivity contribution in [3.05, 3.63) is 81.5 Å². The number of urea groups is 1. The van der Waals surface area contributed by atoms with Gasteiger partial charge < -0.3 is 16.0 Å². The number of hydrogen-bond donors (Lipinski definition) is 3. The van der Waals surface area contributed by atoms with Crippen LogP contribution in [0.1, 0.15) is 11.6 Å². The van der Waals surface area contributed by atoms with Crippen LogP contribution in [0, 0.1) is 16.0 Å². The van der Waals surface area contributed by atoms with E-state index < -0.39 is 28.8 Å². The summed E-state index contributed by atoms with van der Waals surface area (Å²) < 4.78 is 0. The summed E-state index contributed by atoms with van der Waals surface area (Å²) in [6.45, 7) is 3.78. The minimum Gasteiger partial charge on any atom is -0.330 e. The number of nitro groups is 1. The summed E-state index contributed by atoms with van der Waals surface area (Å²) in [4.78, 5) is 35.1. The molecule has 0 aliphatic carbocycles. The molecule has 1 heterocycles. The minimum atomic E-state index is -0.873. The second-order valence-corrected chi connectivity index (χ2v) is 6.30. The summed E-state index contributed by atoms with van der Waals surface area (Å²) in [7, 11) is 0. The van der Waals surface area contributed by atoms with E-state index in [2.05, 4.69) is 22.5 Å². The van der Waals surface area contributed by atoms with E-state index in [4.69, 9.17) is 11.6 Å². The third kappa shape index (κ3) is 3.90. The van der Waals surface area contributed by atoms with Crippen molar-refractivity contribution in [1.82, 2.24) is 10.6 Å². The molecule has 3 amide bonds. The van der Waals surface area contributed by atoms with Crippen LogP contribution < -0.4 is 16.0 Å². The molecule has 2 atom stereocenters. The first kappa shape index (κ1) is 18.4. The molecule has 3 rings (SSSR count). The number of nitro benzene ring substituents is 1. The molecule has 0 unspecified atom stereocenters. The van der Waals surface area contributed by atoms with Crippen molar-refractivity contribution in [2.45, 2.75) is 6.04 Å². The Labute approximate surface area is 159 Å². The maximum absolute atomic E-state index is 12.9. The Hall–Kier alpha value is -3.39. The number of nitrogens with one attached hydrogen (secondary N) is 3. The highest BCUT2D eigenvalue weighted by Crippen LogP contribution is 2.34. The van der Waals surface area contributed by atoms with E-state index in [1.165, 1.54) is 24.3 Å². The van der Waals surface area contributed by atoms with Crippen LogP contribution in [-0.4, -0.2) is 16.9 Å². The molecule has 2 aromatic carbocycles. The number of hydrogen-bond acceptors (Lipinski definition) is 4. The maximum atomic E-state index is 12.9. The zero-order valence-corrected chi connectivity index (χ0v) is 14.7. The Kier molecular flexibility index (Phi) is 5.09. The van der Waals surface area contributed by atoms with Gasteiger partial charge in [-0.1, -0.05) is 42.4 Å². The van der Waals surface area contributed by atoms with E-state index >= 15 is 0 Å². The SMILES string of the molecule is C=C1NC(=O)N[C@@H](c2ccccc2Cl)[C@@H]1C(=O)Nc1cccc([N+](=O)[O-])c1. The first-order valence-corrected chi connectivity index (χ1v) is 8.30. The standard InChI is InChI=1S/C18H15ClN4O4/c1-10-15(17(24)21-11-5-4-6-12(9-11)23(26)27)16(22-18(25)20-10)13-7-2-3-8-14(13)19/h2-9,15-16H,1H2,(H,21,24)(H2,20,22,25)/t15-,16+/m1/s1. The van der Waals surface area contributed by atoms with Gasteiger partial charge in [0.15, 0.2) is 0 Å². The number of rotatable bonds is 4. The molecule has 8 nitrogen and oxygen atoms in total. The van der Waals surface area contributed by atoms with Crippen molar-refractivity contribution in [2.24, 2.45) is 5.92 Å². The molecule has 2 aromatic rings. The van der Waals surface area contributed by atoms with E-state index in [-0.39, 0.29) is 17.1 Å². The molecule has 27 heavy (non-hydrogen) atoms. The number of anilines is 1. The van der Waals surface area contributed by atoms with E-state index in [9.17, 15) is 19.7 Å². The highest BCUT2D eigenvalue weighted by atomic mass is 35.5. The summed E-state index contributed by atoms with van der Waals surface area (Å²) >= 11 is 6.23. The number of amides is 3. The minimum absolute atomic E-state index is 0.149. The lowest BCUT2D eigenvalue weighted by Gasteiger charge is -2.34. The number of halogens is 1. The van der Waals surface area contributed by atoms with Crippen LogP contribution >= 0.6 is 11.6 Å². The van der Waals surface area contributed by atoms with E-state index in [1.807, 2.05) is 0 Å². The van der Waals surface area contributed by atoms with Gasteiger partial charge in [0.1, 0.15) is 5.92 Å². The molecule has 9 heteroatoms. The summed E-state index contributed by atoms with van der Waals surface area (Å²) in [5.41, 5.74) is 0.877. The van der Waals surface area contributed by atoms with Crippen LogP contribution in [0.2, 0.25) is 5.02 Å². The molecule has 1 aliphatic heterocycles. The van der Waals surface area contributed by atoms with Crippen LogP contribution in [0.25, 0.3) is 0 Å². The zero-order valence-electron chi connectivity index (χ0n) is 13.9. The third-order valence-electron chi connectivity index (χ3n) is 4.12. The van der Waals surface area contributed by atoms with Crippen molar-refractivity contribution in [3.8, 4) is 0 Å². The van der Waals surface area contributed by atoms with E-state index in [0.717, 1.165) is 0 Å². The fraction of sp³-hybridized carbons (Fsp3) is 0.111. The van der Waals surface area contributed by atoms with Crippen LogP contribution in [0.15, 0.2) is 60.8 Å². The van der Waals surface area contributed by atoms with Gasteiger partial charge in [0, 0.05) is 28.5 Å². The van der Waals surface area contributed by atoms with Crippen molar-refractivity contribution in [3.63, 3.8) is 0 Å². The van der Waals surface area contributed by atoms with Gasteiger partial charge >= 0.3 is 6.03 Å². The average Bonchev–Trinajstić information content (AvgIpc) is 2.61. The van der Waals surface area contributed by atoms with Gasteiger partial charge in [0.2, 0.25) is 5.91 Å². The average molecular weight is 387 g/mol. The first-order valence-electron chi connectivity index (χ1n) is 7.93. The Morgan fingerprint density at radius 1 is 1.22 bits per heavy atom. The highest BCUT2D eigenvalue weighted by molar-refractivity contribution is 6.31. The first-order chi connectivity index (χ1) is 12.9. The quantitative estimate of drug-likeness (QED) is 0.552. The molecule has 1 aliphatic rings. The lowest BCUT2D eigenvalue weighted by molar-refractivity contribution is -0.384. The Morgan fingerprint density at radius 3 is 2.67 bits per heavy atom. The molecular weight excluding hydrogens is 372 g/mol. The van der Waals surface area contributed by atoms with Crippen molar-refractivity contribution in [2.75, 3.05) is 5.32 Å². The molecular formula is C18H15ClN4O4. The topological polar surface area (TPSA) is 113 Å². The Morgan fingerprint density at radius 2 is 1.96 bits per heavy atom. The molecule has 1 saturated heterocycles. The third-order valence-corrected chi connectivity index (χ3v) is 4.46. The van der Waals surface area contributed by atoms with Gasteiger partial charge in [-0.3, -0.25) is 14.9 Å². The highest BCUT2D eigenvalue weighted by Gasteiger charge is 2.38. The molecule has 0 saturated carbocycles. The van der Waals surface area contributed by atoms with Crippen LogP contribution in [0.4, 0.5) is 16.2 Å². The summed E-state index contributed by atoms with van der Waals surface area (Å²) in [5, 5.41) is 19.1. The van der Waals surface area contributed by atoms with Crippen molar-refractivity contribution < 1.29 is 14.5 Å². The monoisotopic (exact) mass is 386 g/mol. The van der Waals surface area contributed by atoms with Gasteiger partial charge in [-0.25, -0.2) is 4.79 Å². The number of non-ortho nitro benzene ring substituents is 1. The summed E-state index contributed by atoms with van der Waals surface area (Å²) in [6, 6.07) is 11.2. The second-order valence-electron chi connectivity index (χ2n) is 5.90. The van der Waals surface area contributed by atoms with Crippen LogP contribution in [0.3, 0.4) is 0 Å². The predicted molar refractivity (Wildman–Crippen MR) is 100 cm³/mol. The Bertz CT molecular complexity index is 946. The van der Waals surface area contributed by atoms with Crippen molar-refractivity contribution >= 4 is 34.9 Å². The van der Waals surface area contributed by atoms with Crippen LogP contribution in [0.5, 0.6) is 0 Å². The van der Waals surface area contributed by atoms with E-state index in [1.54, 1.807) is 24.3 Å². The van der Waals surface area contributed by atoms with Gasteiger partial charge in [-0.2, -0.15) is 0 Å². The second kappa shape index (κ2) is 7.46. The molecule has 138 valence electrons. The molecule has 0 aromatic heterocycles. The van der Waals surface area contributed by atoms with Crippen LogP contribution in [-0.2, 0) is 4.79 Å². The molecule has 0 radical (unpaired) electrons. The van der Waals surface area contributed by atoms with E-state index in [0.29, 0.717) is 10.6 Å².